The van der Waals surface area contributed by atoms with E-state index in [1.807, 2.05) is 62.1 Å². The number of nitrogens with zero attached hydrogens (tertiary/aromatic N) is 6. The molecule has 4 aliphatic heterocycles. The predicted octanol–water partition coefficient (Wildman–Crippen LogP) is 6.07. The molecule has 4 aliphatic rings. The Morgan fingerprint density at radius 3 is 2.44 bits per heavy atom. The maximum Gasteiger partial charge on any atom is 0.410 e. The van der Waals surface area contributed by atoms with Crippen LogP contribution in [0, 0.1) is 5.82 Å². The molecule has 2 aromatic carbocycles. The monoisotopic (exact) mass is 654 g/mol. The highest BCUT2D eigenvalue weighted by Gasteiger charge is 2.46. The van der Waals surface area contributed by atoms with Crippen molar-refractivity contribution in [2.45, 2.75) is 89.1 Å². The number of hydrogen-bond donors (Lipinski definition) is 1. The highest BCUT2D eigenvalue weighted by molar-refractivity contribution is 6.00. The number of carbonyl (C=O) groups is 1. The van der Waals surface area contributed by atoms with Gasteiger partial charge in [0.25, 0.3) is 0 Å². The summed E-state index contributed by atoms with van der Waals surface area (Å²) in [6, 6.07) is 11.4. The molecule has 4 fully saturated rings. The number of halogens is 1. The second-order valence-corrected chi connectivity index (χ2v) is 14.9. The first kappa shape index (κ1) is 31.2. The van der Waals surface area contributed by atoms with Crippen molar-refractivity contribution < 1.29 is 23.8 Å². The van der Waals surface area contributed by atoms with Gasteiger partial charge in [0.05, 0.1) is 29.6 Å². The molecule has 2 bridgehead atoms. The summed E-state index contributed by atoms with van der Waals surface area (Å²) in [5, 5.41) is 12.3. The van der Waals surface area contributed by atoms with Crippen LogP contribution in [0.25, 0.3) is 32.9 Å². The van der Waals surface area contributed by atoms with Gasteiger partial charge in [-0.2, -0.15) is 9.97 Å². The zero-order chi connectivity index (χ0) is 33.2. The van der Waals surface area contributed by atoms with Gasteiger partial charge < -0.3 is 19.5 Å². The number of rotatable bonds is 6. The molecule has 0 aliphatic carbocycles. The van der Waals surface area contributed by atoms with Crippen molar-refractivity contribution in [3.05, 3.63) is 54.0 Å². The molecule has 0 radical (unpaired) electrons. The van der Waals surface area contributed by atoms with Crippen LogP contribution in [0.3, 0.4) is 0 Å². The third-order valence-electron chi connectivity index (χ3n) is 10.7. The summed E-state index contributed by atoms with van der Waals surface area (Å²) in [5.41, 5.74) is 0.992. The number of piperazine rings is 1. The fraction of sp³-hybridized carbons (Fsp3) is 0.514. The van der Waals surface area contributed by atoms with E-state index in [1.54, 1.807) is 6.20 Å². The Hall–Kier alpha value is -4.09. The average Bonchev–Trinajstić information content (AvgIpc) is 3.73. The number of benzene rings is 2. The molecular weight excluding hydrogens is 611 g/mol. The number of aliphatic hydroxyl groups is 1. The van der Waals surface area contributed by atoms with Crippen LogP contribution in [-0.2, 0) is 11.3 Å². The Kier molecular flexibility index (Phi) is 7.67. The molecule has 2 unspecified atom stereocenters. The predicted molar refractivity (Wildman–Crippen MR) is 182 cm³/mol. The van der Waals surface area contributed by atoms with E-state index in [0.29, 0.717) is 42.0 Å². The van der Waals surface area contributed by atoms with Gasteiger partial charge in [0, 0.05) is 24.8 Å². The Morgan fingerprint density at radius 1 is 1.04 bits per heavy atom. The Balaban J connectivity index is 1.21. The first-order chi connectivity index (χ1) is 23.1. The Bertz CT molecular complexity index is 1870. The lowest BCUT2D eigenvalue weighted by molar-refractivity contribution is 0.0122. The quantitative estimate of drug-likeness (QED) is 0.265. The van der Waals surface area contributed by atoms with Crippen LogP contribution in [0.5, 0.6) is 6.01 Å². The van der Waals surface area contributed by atoms with Gasteiger partial charge in [0.15, 0.2) is 5.82 Å². The van der Waals surface area contributed by atoms with E-state index in [-0.39, 0.29) is 47.5 Å². The molecule has 4 aromatic rings. The molecule has 2 aromatic heterocycles. The third kappa shape index (κ3) is 5.31. The largest absolute Gasteiger partial charge is 0.461 e. The van der Waals surface area contributed by atoms with Crippen molar-refractivity contribution >= 4 is 33.6 Å². The number of fused-ring (bicyclic) bond motifs is 5. The second-order valence-electron chi connectivity index (χ2n) is 14.9. The van der Waals surface area contributed by atoms with E-state index in [4.69, 9.17) is 19.4 Å². The molecule has 6 heterocycles. The highest BCUT2D eigenvalue weighted by atomic mass is 19.1. The van der Waals surface area contributed by atoms with Gasteiger partial charge in [0.1, 0.15) is 29.2 Å². The van der Waals surface area contributed by atoms with Gasteiger partial charge in [-0.3, -0.25) is 14.8 Å². The zero-order valence-corrected chi connectivity index (χ0v) is 27.9. The van der Waals surface area contributed by atoms with E-state index in [2.05, 4.69) is 14.8 Å². The van der Waals surface area contributed by atoms with Crippen molar-refractivity contribution in [3.63, 3.8) is 0 Å². The summed E-state index contributed by atoms with van der Waals surface area (Å²) in [4.78, 5) is 34.1. The molecule has 48 heavy (non-hydrogen) atoms. The van der Waals surface area contributed by atoms with E-state index in [1.165, 1.54) is 0 Å². The maximum absolute atomic E-state index is 16.9. The Labute approximate surface area is 279 Å². The molecule has 11 heteroatoms. The number of ether oxygens (including phenoxy) is 2. The first-order valence-electron chi connectivity index (χ1n) is 17.3. The Morgan fingerprint density at radius 2 is 1.75 bits per heavy atom. The number of aromatic nitrogens is 3. The van der Waals surface area contributed by atoms with Crippen molar-refractivity contribution in [1.82, 2.24) is 24.8 Å². The molecule has 1 N–H and O–H groups in total. The average molecular weight is 655 g/mol. The fourth-order valence-electron chi connectivity index (χ4n) is 8.61. The summed E-state index contributed by atoms with van der Waals surface area (Å²) < 4.78 is 29.1. The molecule has 252 valence electrons. The summed E-state index contributed by atoms with van der Waals surface area (Å²) in [7, 11) is 0. The van der Waals surface area contributed by atoms with Crippen molar-refractivity contribution in [1.29, 1.82) is 0 Å². The van der Waals surface area contributed by atoms with E-state index in [9.17, 15) is 9.90 Å². The molecule has 0 spiro atoms. The number of aliphatic hydroxyl groups excluding tert-OH is 1. The summed E-state index contributed by atoms with van der Waals surface area (Å²) >= 11 is 0. The minimum atomic E-state index is -0.584. The smallest absolute Gasteiger partial charge is 0.410 e. The van der Waals surface area contributed by atoms with Gasteiger partial charge >= 0.3 is 12.1 Å². The lowest BCUT2D eigenvalue weighted by atomic mass is 9.95. The second kappa shape index (κ2) is 11.8. The summed E-state index contributed by atoms with van der Waals surface area (Å²) in [6.07, 6.45) is 7.50. The van der Waals surface area contributed by atoms with Gasteiger partial charge in [-0.1, -0.05) is 36.4 Å². The van der Waals surface area contributed by atoms with Crippen LogP contribution in [0.4, 0.5) is 15.0 Å². The van der Waals surface area contributed by atoms with E-state index < -0.39 is 11.4 Å². The SMILES string of the molecule is CC(C)(C)OC(=O)N1C2CCC1CN(c1nc(OCC34CCCN3CCC4)nc3c(F)c(-c4cccc5cccc(CO)c45)ncc13)C2. The maximum atomic E-state index is 16.9. The number of carbonyl (C=O) groups excluding carboxylic acids is 1. The van der Waals surface area contributed by atoms with Crippen LogP contribution in [-0.4, -0.2) is 92.0 Å². The van der Waals surface area contributed by atoms with Crippen LogP contribution in [0.15, 0.2) is 42.6 Å². The molecule has 8 rings (SSSR count). The van der Waals surface area contributed by atoms with Crippen molar-refractivity contribution in [2.24, 2.45) is 0 Å². The molecular formula is C37H43FN6O4. The number of anilines is 1. The molecule has 0 saturated carbocycles. The number of hydrogen-bond acceptors (Lipinski definition) is 9. The standard InChI is InChI=1S/C37H43FN6O4/c1-36(2,3)48-35(46)44-25-12-13-26(44)20-42(19-25)33-28-18-39-31(27-11-5-9-23-8-4-10-24(21-45)29(23)27)30(38)32(28)40-34(41-33)47-22-37-14-6-16-43(37)17-7-15-37/h4-5,8-11,18,25-26,45H,6-7,12-17,19-22H2,1-3H3. The van der Waals surface area contributed by atoms with E-state index >= 15 is 4.39 Å². The molecule has 1 amide bonds. The van der Waals surface area contributed by atoms with Crippen molar-refractivity contribution in [3.8, 4) is 17.3 Å². The van der Waals surface area contributed by atoms with Crippen LogP contribution in [0.1, 0.15) is 64.9 Å². The minimum Gasteiger partial charge on any atom is -0.461 e. The molecule has 4 saturated heterocycles. The minimum absolute atomic E-state index is 0.0256. The molecule has 2 atom stereocenters. The fourth-order valence-corrected chi connectivity index (χ4v) is 8.61. The van der Waals surface area contributed by atoms with Crippen molar-refractivity contribution in [2.75, 3.05) is 37.7 Å². The summed E-state index contributed by atoms with van der Waals surface area (Å²) in [6.45, 7) is 9.13. The van der Waals surface area contributed by atoms with E-state index in [0.717, 1.165) is 62.4 Å². The van der Waals surface area contributed by atoms with Gasteiger partial charge in [-0.05, 0) is 88.7 Å². The lowest BCUT2D eigenvalue weighted by Gasteiger charge is -2.42. The highest BCUT2D eigenvalue weighted by Crippen LogP contribution is 2.41. The van der Waals surface area contributed by atoms with Gasteiger partial charge in [-0.15, -0.1) is 0 Å². The van der Waals surface area contributed by atoms with Gasteiger partial charge in [0.2, 0.25) is 0 Å². The normalized spacial score (nSPS) is 22.1. The van der Waals surface area contributed by atoms with Crippen LogP contribution >= 0.6 is 0 Å². The van der Waals surface area contributed by atoms with Crippen LogP contribution < -0.4 is 9.64 Å². The number of amides is 1. The lowest BCUT2D eigenvalue weighted by Crippen LogP contribution is -2.57. The summed E-state index contributed by atoms with van der Waals surface area (Å²) in [5.74, 6) is 0.00739. The first-order valence-corrected chi connectivity index (χ1v) is 17.3. The zero-order valence-electron chi connectivity index (χ0n) is 27.9. The topological polar surface area (TPSA) is 104 Å². The van der Waals surface area contributed by atoms with Gasteiger partial charge in [-0.25, -0.2) is 9.18 Å². The molecule has 10 nitrogen and oxygen atoms in total. The number of pyridine rings is 1. The third-order valence-corrected chi connectivity index (χ3v) is 10.7. The van der Waals surface area contributed by atoms with Crippen LogP contribution in [0.2, 0.25) is 0 Å².